The predicted octanol–water partition coefficient (Wildman–Crippen LogP) is 2.45. The van der Waals surface area contributed by atoms with Crippen LogP contribution in [0.15, 0.2) is 0 Å². The van der Waals surface area contributed by atoms with Crippen LogP contribution < -0.4 is 5.32 Å². The quantitative estimate of drug-likeness (QED) is 0.915. The molecule has 1 aromatic rings. The Balaban J connectivity index is 1.58. The number of nitrogens with zero attached hydrogens (tertiary/aromatic N) is 4. The SMILES string of the molecule is CCOC(=O)N1CCC(N[C@@H]2CCCn3nc(C(C)C)nc32)CC1. The fourth-order valence-electron chi connectivity index (χ4n) is 3.50. The summed E-state index contributed by atoms with van der Waals surface area (Å²) >= 11 is 0. The van der Waals surface area contributed by atoms with Gasteiger partial charge in [-0.3, -0.25) is 0 Å². The van der Waals surface area contributed by atoms with E-state index in [0.717, 1.165) is 57.0 Å². The van der Waals surface area contributed by atoms with Crippen LogP contribution in [0, 0.1) is 0 Å². The Bertz CT molecular complexity index is 563. The zero-order valence-corrected chi connectivity index (χ0v) is 15.0. The van der Waals surface area contributed by atoms with Crippen LogP contribution in [-0.2, 0) is 11.3 Å². The van der Waals surface area contributed by atoms with E-state index in [1.54, 1.807) is 0 Å². The molecule has 7 nitrogen and oxygen atoms in total. The summed E-state index contributed by atoms with van der Waals surface area (Å²) in [5, 5.41) is 8.40. The Morgan fingerprint density at radius 1 is 1.29 bits per heavy atom. The summed E-state index contributed by atoms with van der Waals surface area (Å²) in [5.74, 6) is 2.38. The first-order valence-corrected chi connectivity index (χ1v) is 9.20. The van der Waals surface area contributed by atoms with Gasteiger partial charge >= 0.3 is 6.09 Å². The molecule has 0 bridgehead atoms. The molecular weight excluding hydrogens is 306 g/mol. The van der Waals surface area contributed by atoms with Crippen LogP contribution in [-0.4, -0.2) is 51.5 Å². The van der Waals surface area contributed by atoms with Gasteiger partial charge in [0.15, 0.2) is 5.82 Å². The second-order valence-corrected chi connectivity index (χ2v) is 7.03. The summed E-state index contributed by atoms with van der Waals surface area (Å²) in [6.07, 6.45) is 3.97. The highest BCUT2D eigenvalue weighted by atomic mass is 16.6. The number of fused-ring (bicyclic) bond motifs is 1. The van der Waals surface area contributed by atoms with Gasteiger partial charge in [-0.1, -0.05) is 13.8 Å². The summed E-state index contributed by atoms with van der Waals surface area (Å²) in [4.78, 5) is 18.4. The fraction of sp³-hybridized carbons (Fsp3) is 0.824. The topological polar surface area (TPSA) is 72.3 Å². The molecule has 1 N–H and O–H groups in total. The number of hydrogen-bond donors (Lipinski definition) is 1. The molecule has 2 aliphatic heterocycles. The van der Waals surface area contributed by atoms with Crippen molar-refractivity contribution in [1.29, 1.82) is 0 Å². The van der Waals surface area contributed by atoms with Gasteiger partial charge in [-0.05, 0) is 32.6 Å². The first-order chi connectivity index (χ1) is 11.6. The highest BCUT2D eigenvalue weighted by Crippen LogP contribution is 2.26. The van der Waals surface area contributed by atoms with E-state index in [4.69, 9.17) is 9.72 Å². The van der Waals surface area contributed by atoms with Crippen molar-refractivity contribution in [2.45, 2.75) is 71.0 Å². The van der Waals surface area contributed by atoms with E-state index in [1.165, 1.54) is 0 Å². The van der Waals surface area contributed by atoms with Crippen molar-refractivity contribution in [3.05, 3.63) is 11.6 Å². The Kier molecular flexibility index (Phi) is 5.38. The van der Waals surface area contributed by atoms with Crippen molar-refractivity contribution in [3.63, 3.8) is 0 Å². The number of amides is 1. The molecule has 1 atom stereocenters. The maximum atomic E-state index is 11.8. The average molecular weight is 335 g/mol. The number of carbonyl (C=O) groups excluding carboxylic acids is 1. The molecule has 1 amide bonds. The van der Waals surface area contributed by atoms with E-state index in [-0.39, 0.29) is 12.1 Å². The number of carbonyl (C=O) groups is 1. The number of likely N-dealkylation sites (tertiary alicyclic amines) is 1. The predicted molar refractivity (Wildman–Crippen MR) is 90.8 cm³/mol. The maximum absolute atomic E-state index is 11.8. The zero-order chi connectivity index (χ0) is 17.1. The second-order valence-electron chi connectivity index (χ2n) is 7.03. The fourth-order valence-corrected chi connectivity index (χ4v) is 3.50. The van der Waals surface area contributed by atoms with Crippen molar-refractivity contribution in [2.24, 2.45) is 0 Å². The standard InChI is InChI=1S/C17H29N5O2/c1-4-24-17(23)21-10-7-13(8-11-21)18-14-6-5-9-22-16(14)19-15(20-22)12(2)3/h12-14,18H,4-11H2,1-3H3/t14-/m1/s1. The van der Waals surface area contributed by atoms with Crippen molar-refractivity contribution in [2.75, 3.05) is 19.7 Å². The van der Waals surface area contributed by atoms with Crippen molar-refractivity contribution in [3.8, 4) is 0 Å². The molecule has 0 spiro atoms. The van der Waals surface area contributed by atoms with Crippen molar-refractivity contribution >= 4 is 6.09 Å². The lowest BCUT2D eigenvalue weighted by Crippen LogP contribution is -2.46. The van der Waals surface area contributed by atoms with Crippen molar-refractivity contribution < 1.29 is 9.53 Å². The normalized spacial score (nSPS) is 21.8. The third-order valence-corrected chi connectivity index (χ3v) is 4.87. The number of aromatic nitrogens is 3. The number of rotatable bonds is 4. The molecule has 2 aliphatic rings. The minimum atomic E-state index is -0.185. The van der Waals surface area contributed by atoms with Gasteiger partial charge in [-0.15, -0.1) is 0 Å². The summed E-state index contributed by atoms with van der Waals surface area (Å²) < 4.78 is 7.16. The molecule has 0 aromatic carbocycles. The lowest BCUT2D eigenvalue weighted by molar-refractivity contribution is 0.0936. The van der Waals surface area contributed by atoms with Gasteiger partial charge in [-0.25, -0.2) is 14.5 Å². The molecular formula is C17H29N5O2. The Morgan fingerprint density at radius 3 is 2.71 bits per heavy atom. The van der Waals surface area contributed by atoms with Gasteiger partial charge in [0.05, 0.1) is 12.6 Å². The lowest BCUT2D eigenvalue weighted by atomic mass is 10.0. The van der Waals surface area contributed by atoms with E-state index in [9.17, 15) is 4.79 Å². The third-order valence-electron chi connectivity index (χ3n) is 4.87. The van der Waals surface area contributed by atoms with Gasteiger partial charge in [0.1, 0.15) is 5.82 Å². The molecule has 1 aromatic heterocycles. The number of ether oxygens (including phenoxy) is 1. The number of piperidine rings is 1. The molecule has 0 saturated carbocycles. The van der Waals surface area contributed by atoms with Gasteiger partial charge < -0.3 is 15.0 Å². The smallest absolute Gasteiger partial charge is 0.409 e. The minimum absolute atomic E-state index is 0.185. The molecule has 0 radical (unpaired) electrons. The van der Waals surface area contributed by atoms with Gasteiger partial charge in [0, 0.05) is 31.6 Å². The molecule has 24 heavy (non-hydrogen) atoms. The van der Waals surface area contributed by atoms with Gasteiger partial charge in [-0.2, -0.15) is 5.10 Å². The van der Waals surface area contributed by atoms with E-state index in [1.807, 2.05) is 11.8 Å². The van der Waals surface area contributed by atoms with Gasteiger partial charge in [0.25, 0.3) is 0 Å². The summed E-state index contributed by atoms with van der Waals surface area (Å²) in [7, 11) is 0. The van der Waals surface area contributed by atoms with Crippen LogP contribution in [0.3, 0.4) is 0 Å². The number of aryl methyl sites for hydroxylation is 1. The largest absolute Gasteiger partial charge is 0.450 e. The van der Waals surface area contributed by atoms with Crippen LogP contribution in [0.5, 0.6) is 0 Å². The molecule has 1 fully saturated rings. The Hall–Kier alpha value is -1.63. The number of hydrogen-bond acceptors (Lipinski definition) is 5. The molecule has 3 rings (SSSR count). The first kappa shape index (κ1) is 17.2. The first-order valence-electron chi connectivity index (χ1n) is 9.20. The van der Waals surface area contributed by atoms with Crippen LogP contribution in [0.25, 0.3) is 0 Å². The summed E-state index contributed by atoms with van der Waals surface area (Å²) in [5.41, 5.74) is 0. The molecule has 7 heteroatoms. The Morgan fingerprint density at radius 2 is 2.04 bits per heavy atom. The molecule has 3 heterocycles. The minimum Gasteiger partial charge on any atom is -0.450 e. The maximum Gasteiger partial charge on any atom is 0.409 e. The van der Waals surface area contributed by atoms with Crippen LogP contribution in [0.2, 0.25) is 0 Å². The van der Waals surface area contributed by atoms with Crippen LogP contribution >= 0.6 is 0 Å². The van der Waals surface area contributed by atoms with E-state index in [2.05, 4.69) is 28.9 Å². The molecule has 0 aliphatic carbocycles. The van der Waals surface area contributed by atoms with Gasteiger partial charge in [0.2, 0.25) is 0 Å². The van der Waals surface area contributed by atoms with E-state index < -0.39 is 0 Å². The summed E-state index contributed by atoms with van der Waals surface area (Å²) in [6.45, 7) is 9.03. The zero-order valence-electron chi connectivity index (χ0n) is 15.0. The monoisotopic (exact) mass is 335 g/mol. The highest BCUT2D eigenvalue weighted by molar-refractivity contribution is 5.67. The second kappa shape index (κ2) is 7.51. The van der Waals surface area contributed by atoms with E-state index >= 15 is 0 Å². The van der Waals surface area contributed by atoms with Crippen LogP contribution in [0.4, 0.5) is 4.79 Å². The third kappa shape index (κ3) is 3.71. The molecule has 0 unspecified atom stereocenters. The average Bonchev–Trinajstić information content (AvgIpc) is 3.01. The van der Waals surface area contributed by atoms with E-state index in [0.29, 0.717) is 18.6 Å². The number of nitrogens with one attached hydrogen (secondary N) is 1. The van der Waals surface area contributed by atoms with Crippen molar-refractivity contribution in [1.82, 2.24) is 25.0 Å². The molecule has 134 valence electrons. The Labute approximate surface area is 143 Å². The summed E-state index contributed by atoms with van der Waals surface area (Å²) in [6, 6.07) is 0.698. The van der Waals surface area contributed by atoms with Crippen LogP contribution in [0.1, 0.15) is 70.1 Å². The molecule has 1 saturated heterocycles. The lowest BCUT2D eigenvalue weighted by Gasteiger charge is -2.34. The highest BCUT2D eigenvalue weighted by Gasteiger charge is 2.29.